The van der Waals surface area contributed by atoms with Gasteiger partial charge in [-0.05, 0) is 81.9 Å². The number of anilines is 3. The highest BCUT2D eigenvalue weighted by Gasteiger charge is 2.13. The van der Waals surface area contributed by atoms with Gasteiger partial charge in [-0.1, -0.05) is 36.4 Å². The molecule has 0 atom stereocenters. The Morgan fingerprint density at radius 3 is 1.11 bits per heavy atom. The second-order valence-electron chi connectivity index (χ2n) is 6.79. The van der Waals surface area contributed by atoms with E-state index in [1.165, 1.54) is 0 Å². The minimum Gasteiger partial charge on any atom is -0.399 e. The zero-order chi connectivity index (χ0) is 19.7. The number of hydrogen-bond donors (Lipinski definition) is 4. The summed E-state index contributed by atoms with van der Waals surface area (Å²) in [5.74, 6) is 0. The first-order valence-electron chi connectivity index (χ1n) is 8.96. The normalized spacial score (nSPS) is 10.8. The van der Waals surface area contributed by atoms with Gasteiger partial charge in [-0.15, -0.1) is 12.6 Å². The Balaban J connectivity index is 1.95. The molecule has 3 nitrogen and oxygen atoms in total. The number of benzene rings is 4. The molecule has 0 bridgehead atoms. The third-order valence-corrected chi connectivity index (χ3v) is 5.28. The zero-order valence-corrected chi connectivity index (χ0v) is 16.2. The molecule has 0 saturated carbocycles. The molecule has 0 saturated heterocycles. The van der Waals surface area contributed by atoms with Crippen molar-refractivity contribution >= 4 is 29.7 Å². The average Bonchev–Trinajstić information content (AvgIpc) is 2.70. The Labute approximate surface area is 170 Å². The molecular formula is C24H21N3S. The highest BCUT2D eigenvalue weighted by atomic mass is 32.1. The Bertz CT molecular complexity index is 1050. The molecule has 0 aromatic heterocycles. The fraction of sp³-hybridized carbons (Fsp3) is 0. The summed E-state index contributed by atoms with van der Waals surface area (Å²) in [7, 11) is 0. The van der Waals surface area contributed by atoms with Gasteiger partial charge in [-0.25, -0.2) is 0 Å². The van der Waals surface area contributed by atoms with Crippen molar-refractivity contribution < 1.29 is 0 Å². The molecule has 4 aromatic rings. The molecule has 0 amide bonds. The van der Waals surface area contributed by atoms with Gasteiger partial charge in [0.2, 0.25) is 0 Å². The Morgan fingerprint density at radius 2 is 0.750 bits per heavy atom. The highest BCUT2D eigenvalue weighted by Crippen LogP contribution is 2.39. The van der Waals surface area contributed by atoms with Crippen molar-refractivity contribution in [2.24, 2.45) is 0 Å². The van der Waals surface area contributed by atoms with Crippen LogP contribution < -0.4 is 17.2 Å². The lowest BCUT2D eigenvalue weighted by molar-refractivity contribution is 1.43. The van der Waals surface area contributed by atoms with Crippen molar-refractivity contribution in [3.8, 4) is 33.4 Å². The van der Waals surface area contributed by atoms with E-state index < -0.39 is 0 Å². The first-order valence-corrected chi connectivity index (χ1v) is 9.41. The van der Waals surface area contributed by atoms with Gasteiger partial charge in [0.05, 0.1) is 0 Å². The van der Waals surface area contributed by atoms with E-state index in [1.54, 1.807) is 0 Å². The van der Waals surface area contributed by atoms with E-state index in [-0.39, 0.29) is 0 Å². The van der Waals surface area contributed by atoms with Gasteiger partial charge < -0.3 is 17.2 Å². The van der Waals surface area contributed by atoms with Crippen LogP contribution in [0.4, 0.5) is 17.1 Å². The number of thiol groups is 1. The van der Waals surface area contributed by atoms with Gasteiger partial charge in [0.15, 0.2) is 0 Å². The van der Waals surface area contributed by atoms with Gasteiger partial charge in [-0.2, -0.15) is 0 Å². The fourth-order valence-electron chi connectivity index (χ4n) is 3.24. The third kappa shape index (κ3) is 3.55. The predicted molar refractivity (Wildman–Crippen MR) is 123 cm³/mol. The monoisotopic (exact) mass is 383 g/mol. The van der Waals surface area contributed by atoms with Crippen LogP contribution in [0.3, 0.4) is 0 Å². The lowest BCUT2D eigenvalue weighted by Gasteiger charge is -2.15. The smallest absolute Gasteiger partial charge is 0.0314 e. The van der Waals surface area contributed by atoms with Crippen molar-refractivity contribution in [1.82, 2.24) is 0 Å². The predicted octanol–water partition coefficient (Wildman–Crippen LogP) is 5.72. The van der Waals surface area contributed by atoms with Crippen molar-refractivity contribution in [3.05, 3.63) is 84.9 Å². The van der Waals surface area contributed by atoms with Gasteiger partial charge >= 0.3 is 0 Å². The van der Waals surface area contributed by atoms with Crippen molar-refractivity contribution in [3.63, 3.8) is 0 Å². The highest BCUT2D eigenvalue weighted by molar-refractivity contribution is 7.80. The quantitative estimate of drug-likeness (QED) is 0.270. The van der Waals surface area contributed by atoms with Crippen LogP contribution in [0.5, 0.6) is 0 Å². The van der Waals surface area contributed by atoms with Crippen LogP contribution in [0.15, 0.2) is 89.8 Å². The molecule has 138 valence electrons. The Morgan fingerprint density at radius 1 is 0.429 bits per heavy atom. The summed E-state index contributed by atoms with van der Waals surface area (Å²) >= 11 is 4.88. The molecule has 0 radical (unpaired) electrons. The molecule has 6 N–H and O–H groups in total. The summed E-state index contributed by atoms with van der Waals surface area (Å²) in [5.41, 5.74) is 26.2. The maximum absolute atomic E-state index is 5.87. The molecule has 0 fully saturated rings. The van der Waals surface area contributed by atoms with Crippen LogP contribution in [-0.2, 0) is 0 Å². The molecule has 0 heterocycles. The van der Waals surface area contributed by atoms with E-state index in [9.17, 15) is 0 Å². The van der Waals surface area contributed by atoms with Crippen LogP contribution in [0.25, 0.3) is 33.4 Å². The molecule has 4 aromatic carbocycles. The molecule has 0 aliphatic carbocycles. The van der Waals surface area contributed by atoms with Gasteiger partial charge in [0.1, 0.15) is 0 Å². The van der Waals surface area contributed by atoms with E-state index in [4.69, 9.17) is 29.8 Å². The zero-order valence-electron chi connectivity index (χ0n) is 15.3. The fourth-order valence-corrected chi connectivity index (χ4v) is 3.63. The second-order valence-corrected chi connectivity index (χ2v) is 7.23. The standard InChI is InChI=1S/C24H21N3S/c25-19-7-1-15(2-8-19)18-13-22(16-3-9-20(26)10-4-16)24(28)23(14-18)17-5-11-21(27)12-6-17/h1-14,28H,25-27H2. The topological polar surface area (TPSA) is 78.1 Å². The molecule has 4 heteroatoms. The SMILES string of the molecule is Nc1ccc(-c2cc(-c3ccc(N)cc3)c(S)c(-c3ccc(N)cc3)c2)cc1. The van der Waals surface area contributed by atoms with E-state index in [1.807, 2.05) is 72.8 Å². The van der Waals surface area contributed by atoms with Gasteiger partial charge in [-0.3, -0.25) is 0 Å². The van der Waals surface area contributed by atoms with Crippen LogP contribution in [0.2, 0.25) is 0 Å². The van der Waals surface area contributed by atoms with Gasteiger partial charge in [0, 0.05) is 22.0 Å². The molecule has 0 aliphatic heterocycles. The third-order valence-electron chi connectivity index (χ3n) is 4.80. The largest absolute Gasteiger partial charge is 0.399 e. The van der Waals surface area contributed by atoms with Crippen molar-refractivity contribution in [1.29, 1.82) is 0 Å². The minimum atomic E-state index is 0.734. The summed E-state index contributed by atoms with van der Waals surface area (Å²) in [4.78, 5) is 0.911. The number of nitrogen functional groups attached to an aromatic ring is 3. The first kappa shape index (κ1) is 18.0. The van der Waals surface area contributed by atoms with Crippen LogP contribution in [-0.4, -0.2) is 0 Å². The van der Waals surface area contributed by atoms with Crippen molar-refractivity contribution in [2.45, 2.75) is 4.90 Å². The summed E-state index contributed by atoms with van der Waals surface area (Å²) in [6.45, 7) is 0. The van der Waals surface area contributed by atoms with E-state index in [0.29, 0.717) is 0 Å². The lowest BCUT2D eigenvalue weighted by atomic mass is 9.93. The minimum absolute atomic E-state index is 0.734. The average molecular weight is 384 g/mol. The number of hydrogen-bond acceptors (Lipinski definition) is 4. The van der Waals surface area contributed by atoms with Crippen molar-refractivity contribution in [2.75, 3.05) is 17.2 Å². The van der Waals surface area contributed by atoms with E-state index >= 15 is 0 Å². The maximum atomic E-state index is 5.87. The summed E-state index contributed by atoms with van der Waals surface area (Å²) in [5, 5.41) is 0. The summed E-state index contributed by atoms with van der Waals surface area (Å²) in [6.07, 6.45) is 0. The lowest BCUT2D eigenvalue weighted by Crippen LogP contribution is -1.91. The molecular weight excluding hydrogens is 362 g/mol. The summed E-state index contributed by atoms with van der Waals surface area (Å²) in [6, 6.07) is 27.9. The molecule has 4 rings (SSSR count). The molecule has 0 spiro atoms. The van der Waals surface area contributed by atoms with Crippen LogP contribution in [0, 0.1) is 0 Å². The number of rotatable bonds is 3. The molecule has 0 unspecified atom stereocenters. The Hall–Kier alpha value is -3.37. The van der Waals surface area contributed by atoms with Crippen LogP contribution >= 0.6 is 12.6 Å². The maximum Gasteiger partial charge on any atom is 0.0314 e. The second kappa shape index (κ2) is 7.33. The first-order chi connectivity index (χ1) is 13.5. The van der Waals surface area contributed by atoms with Gasteiger partial charge in [0.25, 0.3) is 0 Å². The molecule has 28 heavy (non-hydrogen) atoms. The Kier molecular flexibility index (Phi) is 4.72. The van der Waals surface area contributed by atoms with E-state index in [2.05, 4.69) is 12.1 Å². The summed E-state index contributed by atoms with van der Waals surface area (Å²) < 4.78 is 0. The number of nitrogens with two attached hydrogens (primary N) is 3. The van der Waals surface area contributed by atoms with Crippen LogP contribution in [0.1, 0.15) is 0 Å². The van der Waals surface area contributed by atoms with E-state index in [0.717, 1.165) is 55.3 Å². The molecule has 0 aliphatic rings.